The smallest absolute Gasteiger partial charge is 0.243 e. The molecule has 4 amide bonds. The molecule has 10 nitrogen and oxygen atoms in total. The highest BCUT2D eigenvalue weighted by Crippen LogP contribution is 2.09. The number of primary amides is 1. The van der Waals surface area contributed by atoms with Crippen molar-refractivity contribution in [2.24, 2.45) is 5.73 Å². The number of hydrogen-bond acceptors (Lipinski definition) is 5. The summed E-state index contributed by atoms with van der Waals surface area (Å²) in [7, 11) is 0. The van der Waals surface area contributed by atoms with Gasteiger partial charge in [0.1, 0.15) is 18.1 Å². The molecule has 3 rings (SSSR count). The minimum absolute atomic E-state index is 0.145. The van der Waals surface area contributed by atoms with E-state index in [1.807, 2.05) is 30.3 Å². The minimum Gasteiger partial charge on any atom is -0.368 e. The molecule has 0 radical (unpaired) electrons. The molecule has 158 valence electrons. The second kappa shape index (κ2) is 9.68. The fourth-order valence-electron chi connectivity index (χ4n) is 3.25. The van der Waals surface area contributed by atoms with Gasteiger partial charge in [-0.3, -0.25) is 19.2 Å². The largest absolute Gasteiger partial charge is 0.368 e. The van der Waals surface area contributed by atoms with Crippen LogP contribution >= 0.6 is 0 Å². The van der Waals surface area contributed by atoms with E-state index < -0.39 is 35.8 Å². The zero-order chi connectivity index (χ0) is 21.5. The summed E-state index contributed by atoms with van der Waals surface area (Å²) < 4.78 is 0. The van der Waals surface area contributed by atoms with Crippen molar-refractivity contribution >= 4 is 23.6 Å². The lowest BCUT2D eigenvalue weighted by molar-refractivity contribution is -0.132. The zero-order valence-corrected chi connectivity index (χ0v) is 16.3. The zero-order valence-electron chi connectivity index (χ0n) is 16.3. The highest BCUT2D eigenvalue weighted by atomic mass is 16.2. The number of H-pyrrole nitrogens is 1. The predicted molar refractivity (Wildman–Crippen MR) is 107 cm³/mol. The highest BCUT2D eigenvalue weighted by Gasteiger charge is 2.31. The van der Waals surface area contributed by atoms with Crippen LogP contribution in [-0.4, -0.2) is 51.7 Å². The Bertz CT molecular complexity index is 899. The van der Waals surface area contributed by atoms with E-state index in [9.17, 15) is 19.2 Å². The summed E-state index contributed by atoms with van der Waals surface area (Å²) in [6, 6.07) is 6.57. The SMILES string of the molecule is NC(=O)C(Cc1cnc[nH]1)NC(=O)[C@H](Cc1ccccc1)NC(=O)[C@@H]1CCC(=O)N1. The van der Waals surface area contributed by atoms with E-state index in [0.29, 0.717) is 12.1 Å². The molecule has 2 heterocycles. The molecule has 0 spiro atoms. The fraction of sp³-hybridized carbons (Fsp3) is 0.350. The van der Waals surface area contributed by atoms with Crippen molar-refractivity contribution < 1.29 is 19.2 Å². The van der Waals surface area contributed by atoms with Crippen LogP contribution in [0.25, 0.3) is 0 Å². The molecule has 30 heavy (non-hydrogen) atoms. The lowest BCUT2D eigenvalue weighted by Crippen LogP contribution is -2.56. The lowest BCUT2D eigenvalue weighted by Gasteiger charge is -2.23. The normalized spacial score (nSPS) is 17.6. The average molecular weight is 412 g/mol. The molecular weight excluding hydrogens is 388 g/mol. The third kappa shape index (κ3) is 5.66. The number of hydrogen-bond donors (Lipinski definition) is 5. The van der Waals surface area contributed by atoms with Gasteiger partial charge in [0.15, 0.2) is 0 Å². The van der Waals surface area contributed by atoms with E-state index in [2.05, 4.69) is 25.9 Å². The number of aromatic amines is 1. The summed E-state index contributed by atoms with van der Waals surface area (Å²) in [4.78, 5) is 55.5. The third-order valence-corrected chi connectivity index (χ3v) is 4.87. The van der Waals surface area contributed by atoms with Gasteiger partial charge < -0.3 is 26.7 Å². The van der Waals surface area contributed by atoms with E-state index in [-0.39, 0.29) is 25.2 Å². The lowest BCUT2D eigenvalue weighted by atomic mass is 10.0. The van der Waals surface area contributed by atoms with Crippen LogP contribution in [0.15, 0.2) is 42.9 Å². The summed E-state index contributed by atoms with van der Waals surface area (Å²) in [5.41, 5.74) is 6.91. The summed E-state index contributed by atoms with van der Waals surface area (Å²) in [5, 5.41) is 7.89. The Balaban J connectivity index is 1.71. The molecule has 6 N–H and O–H groups in total. The monoisotopic (exact) mass is 412 g/mol. The van der Waals surface area contributed by atoms with Gasteiger partial charge >= 0.3 is 0 Å². The topological polar surface area (TPSA) is 159 Å². The number of benzene rings is 1. The van der Waals surface area contributed by atoms with Crippen LogP contribution in [-0.2, 0) is 32.0 Å². The molecule has 2 aromatic rings. The van der Waals surface area contributed by atoms with Gasteiger partial charge in [-0.2, -0.15) is 0 Å². The number of imidazole rings is 1. The number of rotatable bonds is 9. The first-order valence-electron chi connectivity index (χ1n) is 9.63. The first-order chi connectivity index (χ1) is 14.4. The van der Waals surface area contributed by atoms with Crippen molar-refractivity contribution in [3.05, 3.63) is 54.1 Å². The summed E-state index contributed by atoms with van der Waals surface area (Å²) >= 11 is 0. The van der Waals surface area contributed by atoms with Crippen molar-refractivity contribution in [2.75, 3.05) is 0 Å². The van der Waals surface area contributed by atoms with Gasteiger partial charge in [0.25, 0.3) is 0 Å². The fourth-order valence-corrected chi connectivity index (χ4v) is 3.25. The Morgan fingerprint density at radius 1 is 1.13 bits per heavy atom. The summed E-state index contributed by atoms with van der Waals surface area (Å²) in [6.45, 7) is 0. The van der Waals surface area contributed by atoms with Crippen molar-refractivity contribution in [2.45, 2.75) is 43.8 Å². The molecular formula is C20H24N6O4. The van der Waals surface area contributed by atoms with Crippen molar-refractivity contribution in [1.29, 1.82) is 0 Å². The molecule has 0 bridgehead atoms. The summed E-state index contributed by atoms with van der Waals surface area (Å²) in [5.74, 6) is -1.89. The van der Waals surface area contributed by atoms with E-state index >= 15 is 0 Å². The summed E-state index contributed by atoms with van der Waals surface area (Å²) in [6.07, 6.45) is 3.99. The van der Waals surface area contributed by atoms with Gasteiger partial charge in [0, 0.05) is 31.2 Å². The van der Waals surface area contributed by atoms with Crippen LogP contribution in [0.4, 0.5) is 0 Å². The average Bonchev–Trinajstić information content (AvgIpc) is 3.39. The van der Waals surface area contributed by atoms with Crippen LogP contribution < -0.4 is 21.7 Å². The molecule has 1 fully saturated rings. The quantitative estimate of drug-likeness (QED) is 0.354. The molecule has 1 aromatic heterocycles. The Kier molecular flexibility index (Phi) is 6.79. The first kappa shape index (κ1) is 21.0. The Hall–Kier alpha value is -3.69. The molecule has 1 aliphatic heterocycles. The molecule has 10 heteroatoms. The molecule has 1 saturated heterocycles. The van der Waals surface area contributed by atoms with Gasteiger partial charge in [-0.25, -0.2) is 4.98 Å². The van der Waals surface area contributed by atoms with Gasteiger partial charge in [-0.15, -0.1) is 0 Å². The van der Waals surface area contributed by atoms with Crippen LogP contribution in [0.1, 0.15) is 24.1 Å². The van der Waals surface area contributed by atoms with E-state index in [1.54, 1.807) is 0 Å². The predicted octanol–water partition coefficient (Wildman–Crippen LogP) is -1.07. The highest BCUT2D eigenvalue weighted by molar-refractivity contribution is 5.95. The third-order valence-electron chi connectivity index (χ3n) is 4.87. The number of nitrogens with zero attached hydrogens (tertiary/aromatic N) is 1. The van der Waals surface area contributed by atoms with Crippen molar-refractivity contribution in [1.82, 2.24) is 25.9 Å². The van der Waals surface area contributed by atoms with Gasteiger partial charge in [0.2, 0.25) is 23.6 Å². The molecule has 3 atom stereocenters. The van der Waals surface area contributed by atoms with E-state index in [1.165, 1.54) is 12.5 Å². The van der Waals surface area contributed by atoms with Crippen LogP contribution in [0.3, 0.4) is 0 Å². The van der Waals surface area contributed by atoms with Gasteiger partial charge in [0.05, 0.1) is 6.33 Å². The minimum atomic E-state index is -0.973. The second-order valence-corrected chi connectivity index (χ2v) is 7.15. The second-order valence-electron chi connectivity index (χ2n) is 7.15. The molecule has 1 unspecified atom stereocenters. The maximum Gasteiger partial charge on any atom is 0.243 e. The van der Waals surface area contributed by atoms with Crippen molar-refractivity contribution in [3.63, 3.8) is 0 Å². The Morgan fingerprint density at radius 3 is 2.50 bits per heavy atom. The van der Waals surface area contributed by atoms with Gasteiger partial charge in [-0.1, -0.05) is 30.3 Å². The molecule has 0 saturated carbocycles. The number of carbonyl (C=O) groups is 4. The number of amides is 4. The van der Waals surface area contributed by atoms with E-state index in [4.69, 9.17) is 5.73 Å². The molecule has 1 aliphatic rings. The first-order valence-corrected chi connectivity index (χ1v) is 9.63. The number of carbonyl (C=O) groups excluding carboxylic acids is 4. The molecule has 1 aromatic carbocycles. The van der Waals surface area contributed by atoms with Crippen molar-refractivity contribution in [3.8, 4) is 0 Å². The maximum absolute atomic E-state index is 13.0. The van der Waals surface area contributed by atoms with Gasteiger partial charge in [-0.05, 0) is 12.0 Å². The van der Waals surface area contributed by atoms with Crippen LogP contribution in [0.2, 0.25) is 0 Å². The molecule has 0 aliphatic carbocycles. The Morgan fingerprint density at radius 2 is 1.90 bits per heavy atom. The number of aromatic nitrogens is 2. The van der Waals surface area contributed by atoms with Crippen LogP contribution in [0.5, 0.6) is 0 Å². The maximum atomic E-state index is 13.0. The Labute approximate surface area is 173 Å². The van der Waals surface area contributed by atoms with Crippen LogP contribution in [0, 0.1) is 0 Å². The standard InChI is InChI=1S/C20H24N6O4/c21-18(28)15(9-13-10-22-11-23-13)25-20(30)16(8-12-4-2-1-3-5-12)26-19(29)14-6-7-17(27)24-14/h1-5,10-11,14-16H,6-9H2,(H2,21,28)(H,22,23)(H,24,27)(H,25,30)(H,26,29)/t14-,15?,16-/m0/s1. The number of nitrogens with two attached hydrogens (primary N) is 1. The van der Waals surface area contributed by atoms with E-state index in [0.717, 1.165) is 5.56 Å². The number of nitrogens with one attached hydrogen (secondary N) is 4.